The van der Waals surface area contributed by atoms with E-state index in [9.17, 15) is 4.79 Å². The summed E-state index contributed by atoms with van der Waals surface area (Å²) in [5, 5.41) is 6.91. The molecule has 1 atom stereocenters. The lowest BCUT2D eigenvalue weighted by molar-refractivity contribution is 0.0955. The number of hydrogen-bond donors (Lipinski definition) is 1. The van der Waals surface area contributed by atoms with Gasteiger partial charge in [0.25, 0.3) is 5.91 Å². The maximum Gasteiger partial charge on any atom is 0.264 e. The third kappa shape index (κ3) is 3.63. The number of hydrogen-bond acceptors (Lipinski definition) is 4. The van der Waals surface area contributed by atoms with Crippen molar-refractivity contribution in [3.8, 4) is 0 Å². The van der Waals surface area contributed by atoms with Crippen LogP contribution in [0.2, 0.25) is 0 Å². The number of amides is 1. The molecule has 0 radical (unpaired) electrons. The van der Waals surface area contributed by atoms with Crippen molar-refractivity contribution in [3.63, 3.8) is 0 Å². The van der Waals surface area contributed by atoms with Crippen LogP contribution in [0.3, 0.4) is 0 Å². The molecular formula is C15H19N3OS. The molecule has 2 aromatic rings. The fourth-order valence-electron chi connectivity index (χ4n) is 2.04. The summed E-state index contributed by atoms with van der Waals surface area (Å²) in [6, 6.07) is 10.3. The lowest BCUT2D eigenvalue weighted by Gasteiger charge is -2.12. The van der Waals surface area contributed by atoms with Crippen LogP contribution in [0.4, 0.5) is 0 Å². The largest absolute Gasteiger partial charge is 0.351 e. The van der Waals surface area contributed by atoms with E-state index in [-0.39, 0.29) is 5.91 Å². The predicted octanol–water partition coefficient (Wildman–Crippen LogP) is 3.02. The summed E-state index contributed by atoms with van der Waals surface area (Å²) < 4.78 is 3.84. The van der Waals surface area contributed by atoms with Crippen molar-refractivity contribution in [2.24, 2.45) is 0 Å². The smallest absolute Gasteiger partial charge is 0.264 e. The van der Waals surface area contributed by atoms with Crippen molar-refractivity contribution in [2.45, 2.75) is 32.6 Å². The normalized spacial score (nSPS) is 12.1. The molecular weight excluding hydrogens is 270 g/mol. The molecule has 0 saturated carbocycles. The van der Waals surface area contributed by atoms with Gasteiger partial charge in [-0.05, 0) is 35.9 Å². The van der Waals surface area contributed by atoms with Gasteiger partial charge in [0.1, 0.15) is 4.88 Å². The van der Waals surface area contributed by atoms with Gasteiger partial charge in [-0.25, -0.2) is 0 Å². The molecule has 4 nitrogen and oxygen atoms in total. The van der Waals surface area contributed by atoms with Gasteiger partial charge >= 0.3 is 0 Å². The zero-order chi connectivity index (χ0) is 14.4. The molecule has 1 amide bonds. The second-order valence-electron chi connectivity index (χ2n) is 4.76. The number of carbonyl (C=O) groups excluding carboxylic acids is 1. The van der Waals surface area contributed by atoms with E-state index in [0.29, 0.717) is 17.3 Å². The summed E-state index contributed by atoms with van der Waals surface area (Å²) in [5.41, 5.74) is 2.08. The van der Waals surface area contributed by atoms with Crippen LogP contribution in [-0.4, -0.2) is 22.0 Å². The van der Waals surface area contributed by atoms with Crippen molar-refractivity contribution in [1.82, 2.24) is 14.9 Å². The van der Waals surface area contributed by atoms with E-state index in [1.54, 1.807) is 0 Å². The molecule has 1 aromatic carbocycles. The maximum absolute atomic E-state index is 12.0. The minimum Gasteiger partial charge on any atom is -0.351 e. The average Bonchev–Trinajstić information content (AvgIpc) is 2.96. The van der Waals surface area contributed by atoms with E-state index in [0.717, 1.165) is 30.1 Å². The van der Waals surface area contributed by atoms with E-state index in [1.165, 1.54) is 5.56 Å². The zero-order valence-corrected chi connectivity index (χ0v) is 12.6. The quantitative estimate of drug-likeness (QED) is 0.889. The first kappa shape index (κ1) is 14.7. The van der Waals surface area contributed by atoms with Crippen LogP contribution in [0.5, 0.6) is 0 Å². The Morgan fingerprint density at radius 1 is 1.35 bits per heavy atom. The van der Waals surface area contributed by atoms with E-state index in [1.807, 2.05) is 25.1 Å². The first-order valence-electron chi connectivity index (χ1n) is 6.86. The van der Waals surface area contributed by atoms with Crippen molar-refractivity contribution in [3.05, 3.63) is 46.5 Å². The second kappa shape index (κ2) is 7.14. The number of carbonyl (C=O) groups is 1. The van der Waals surface area contributed by atoms with Gasteiger partial charge in [-0.2, -0.15) is 0 Å². The number of aromatic nitrogens is 2. The van der Waals surface area contributed by atoms with E-state index >= 15 is 0 Å². The summed E-state index contributed by atoms with van der Waals surface area (Å²) >= 11 is 1.16. The molecule has 0 bridgehead atoms. The first-order valence-corrected chi connectivity index (χ1v) is 7.64. The maximum atomic E-state index is 12.0. The Morgan fingerprint density at radius 2 is 2.10 bits per heavy atom. The fourth-order valence-corrected chi connectivity index (χ4v) is 2.71. The highest BCUT2D eigenvalue weighted by Gasteiger charge is 2.14. The molecule has 20 heavy (non-hydrogen) atoms. The predicted molar refractivity (Wildman–Crippen MR) is 81.1 cm³/mol. The standard InChI is InChI=1S/C15H19N3OS/c1-3-13-14(20-18-17-13)15(19)16-10-9-11(2)12-7-5-4-6-8-12/h4-8,11H,3,9-10H2,1-2H3,(H,16,19). The van der Waals surface area contributed by atoms with Crippen molar-refractivity contribution in [1.29, 1.82) is 0 Å². The van der Waals surface area contributed by atoms with Crippen molar-refractivity contribution < 1.29 is 4.79 Å². The highest BCUT2D eigenvalue weighted by atomic mass is 32.1. The molecule has 2 rings (SSSR count). The van der Waals surface area contributed by atoms with Gasteiger partial charge in [-0.15, -0.1) is 5.10 Å². The lowest BCUT2D eigenvalue weighted by atomic mass is 9.98. The van der Waals surface area contributed by atoms with Gasteiger partial charge in [0.2, 0.25) is 0 Å². The SMILES string of the molecule is CCc1nnsc1C(=O)NCCC(C)c1ccccc1. The van der Waals surface area contributed by atoms with Gasteiger partial charge in [-0.3, -0.25) is 4.79 Å². The summed E-state index contributed by atoms with van der Waals surface area (Å²) in [5.74, 6) is 0.374. The molecule has 1 heterocycles. The highest BCUT2D eigenvalue weighted by Crippen LogP contribution is 2.18. The minimum atomic E-state index is -0.0582. The third-order valence-corrected chi connectivity index (χ3v) is 4.10. The van der Waals surface area contributed by atoms with Crippen molar-refractivity contribution in [2.75, 3.05) is 6.54 Å². The first-order chi connectivity index (χ1) is 9.72. The number of nitrogens with zero attached hydrogens (tertiary/aromatic N) is 2. The van der Waals surface area contributed by atoms with E-state index < -0.39 is 0 Å². The van der Waals surface area contributed by atoms with Crippen LogP contribution in [0, 0.1) is 0 Å². The zero-order valence-electron chi connectivity index (χ0n) is 11.8. The molecule has 0 fully saturated rings. The van der Waals surface area contributed by atoms with Crippen molar-refractivity contribution >= 4 is 17.4 Å². The summed E-state index contributed by atoms with van der Waals surface area (Å²) in [6.07, 6.45) is 1.66. The molecule has 1 aromatic heterocycles. The lowest BCUT2D eigenvalue weighted by Crippen LogP contribution is -2.25. The van der Waals surface area contributed by atoms with Gasteiger partial charge in [0.15, 0.2) is 0 Å². The van der Waals surface area contributed by atoms with Gasteiger partial charge < -0.3 is 5.32 Å². The molecule has 5 heteroatoms. The Hall–Kier alpha value is -1.75. The summed E-state index contributed by atoms with van der Waals surface area (Å²) in [6.45, 7) is 4.81. The molecule has 0 spiro atoms. The van der Waals surface area contributed by atoms with Crippen LogP contribution < -0.4 is 5.32 Å². The van der Waals surface area contributed by atoms with Crippen LogP contribution >= 0.6 is 11.5 Å². The molecule has 106 valence electrons. The van der Waals surface area contributed by atoms with Crippen LogP contribution in [-0.2, 0) is 6.42 Å². The van der Waals surface area contributed by atoms with Gasteiger partial charge in [0.05, 0.1) is 5.69 Å². The van der Waals surface area contributed by atoms with Crippen LogP contribution in [0.25, 0.3) is 0 Å². The second-order valence-corrected chi connectivity index (χ2v) is 5.51. The Balaban J connectivity index is 1.83. The average molecular weight is 289 g/mol. The molecule has 0 aliphatic rings. The Bertz CT molecular complexity index is 553. The summed E-state index contributed by atoms with van der Waals surface area (Å²) in [7, 11) is 0. The summed E-state index contributed by atoms with van der Waals surface area (Å²) in [4.78, 5) is 12.7. The Kier molecular flexibility index (Phi) is 5.24. The third-order valence-electron chi connectivity index (χ3n) is 3.33. The van der Waals surface area contributed by atoms with E-state index in [4.69, 9.17) is 0 Å². The molecule has 0 aliphatic carbocycles. The molecule has 1 N–H and O–H groups in total. The topological polar surface area (TPSA) is 54.9 Å². The monoisotopic (exact) mass is 289 g/mol. The van der Waals surface area contributed by atoms with E-state index in [2.05, 4.69) is 34.0 Å². The van der Waals surface area contributed by atoms with Crippen LogP contribution in [0.15, 0.2) is 30.3 Å². The van der Waals surface area contributed by atoms with Gasteiger partial charge in [-0.1, -0.05) is 48.7 Å². The van der Waals surface area contributed by atoms with Crippen LogP contribution in [0.1, 0.15) is 47.1 Å². The number of aryl methyl sites for hydroxylation is 1. The molecule has 0 saturated heterocycles. The fraction of sp³-hybridized carbons (Fsp3) is 0.400. The Morgan fingerprint density at radius 3 is 2.80 bits per heavy atom. The van der Waals surface area contributed by atoms with Gasteiger partial charge in [0, 0.05) is 6.54 Å². The number of benzene rings is 1. The number of nitrogens with one attached hydrogen (secondary N) is 1. The Labute approximate surface area is 123 Å². The molecule has 0 aliphatic heterocycles. The number of rotatable bonds is 6. The highest BCUT2D eigenvalue weighted by molar-refractivity contribution is 7.08. The minimum absolute atomic E-state index is 0.0582. The molecule has 1 unspecified atom stereocenters.